The predicted molar refractivity (Wildman–Crippen MR) is 70.7 cm³/mol. The number of hydrogen-bond donors (Lipinski definition) is 0. The van der Waals surface area contributed by atoms with Gasteiger partial charge < -0.3 is 4.74 Å². The van der Waals surface area contributed by atoms with E-state index in [1.54, 1.807) is 0 Å². The normalized spacial score (nSPS) is 24.9. The van der Waals surface area contributed by atoms with Crippen molar-refractivity contribution in [2.75, 3.05) is 6.61 Å². The third-order valence-corrected chi connectivity index (χ3v) is 3.32. The largest absolute Gasteiger partial charge is 0.374 e. The third kappa shape index (κ3) is 6.32. The summed E-state index contributed by atoms with van der Waals surface area (Å²) in [4.78, 5) is 0. The van der Waals surface area contributed by atoms with E-state index in [2.05, 4.69) is 26.0 Å². The first-order chi connectivity index (χ1) is 7.83. The molecule has 0 radical (unpaired) electrons. The van der Waals surface area contributed by atoms with E-state index in [0.717, 1.165) is 6.61 Å². The Morgan fingerprint density at radius 3 is 2.31 bits per heavy atom. The monoisotopic (exact) mass is 224 g/mol. The Balaban J connectivity index is 1.89. The van der Waals surface area contributed by atoms with Crippen LogP contribution in [0.25, 0.3) is 0 Å². The molecule has 0 saturated carbocycles. The lowest BCUT2D eigenvalue weighted by molar-refractivity contribution is 0.0529. The zero-order chi connectivity index (χ0) is 11.6. The van der Waals surface area contributed by atoms with E-state index >= 15 is 0 Å². The lowest BCUT2D eigenvalue weighted by Gasteiger charge is -2.21. The standard InChI is InChI=1S/C15H28O/c1-3-4-5-6-7-8-9-10-15-12-11-14(2)13-16-15/h11-12,14-15H,3-10,13H2,1-2H3. The molecule has 0 fully saturated rings. The Morgan fingerprint density at radius 2 is 1.69 bits per heavy atom. The van der Waals surface area contributed by atoms with Crippen LogP contribution in [0.4, 0.5) is 0 Å². The summed E-state index contributed by atoms with van der Waals surface area (Å²) in [6.07, 6.45) is 15.9. The molecule has 1 heteroatoms. The molecule has 1 rings (SSSR count). The summed E-state index contributed by atoms with van der Waals surface area (Å²) in [5.74, 6) is 0.616. The molecule has 0 saturated heterocycles. The molecule has 2 unspecified atom stereocenters. The van der Waals surface area contributed by atoms with Crippen LogP contribution in [0.5, 0.6) is 0 Å². The van der Waals surface area contributed by atoms with E-state index in [1.807, 2.05) is 0 Å². The highest BCUT2D eigenvalue weighted by molar-refractivity contribution is 4.96. The van der Waals surface area contributed by atoms with Gasteiger partial charge in [0.05, 0.1) is 12.7 Å². The minimum atomic E-state index is 0.409. The minimum Gasteiger partial charge on any atom is -0.374 e. The van der Waals surface area contributed by atoms with Crippen molar-refractivity contribution in [1.29, 1.82) is 0 Å². The van der Waals surface area contributed by atoms with Crippen molar-refractivity contribution in [1.82, 2.24) is 0 Å². The summed E-state index contributed by atoms with van der Waals surface area (Å²) in [6, 6.07) is 0. The zero-order valence-electron chi connectivity index (χ0n) is 11.1. The van der Waals surface area contributed by atoms with Gasteiger partial charge in [0.15, 0.2) is 0 Å². The Morgan fingerprint density at radius 1 is 1.00 bits per heavy atom. The Kier molecular flexibility index (Phi) is 7.58. The van der Waals surface area contributed by atoms with Crippen LogP contribution in [-0.4, -0.2) is 12.7 Å². The molecule has 0 aromatic rings. The van der Waals surface area contributed by atoms with E-state index in [0.29, 0.717) is 12.0 Å². The first-order valence-corrected chi connectivity index (χ1v) is 7.13. The van der Waals surface area contributed by atoms with Crippen LogP contribution in [0.1, 0.15) is 65.2 Å². The lowest BCUT2D eigenvalue weighted by atomic mass is 10.0. The third-order valence-electron chi connectivity index (χ3n) is 3.32. The number of ether oxygens (including phenoxy) is 1. The van der Waals surface area contributed by atoms with Crippen LogP contribution in [0.2, 0.25) is 0 Å². The Hall–Kier alpha value is -0.300. The van der Waals surface area contributed by atoms with Crippen LogP contribution in [-0.2, 0) is 4.74 Å². The topological polar surface area (TPSA) is 9.23 Å². The van der Waals surface area contributed by atoms with Crippen molar-refractivity contribution >= 4 is 0 Å². The first kappa shape index (κ1) is 13.8. The maximum atomic E-state index is 5.75. The molecule has 0 aromatic heterocycles. The van der Waals surface area contributed by atoms with Gasteiger partial charge in [-0.3, -0.25) is 0 Å². The van der Waals surface area contributed by atoms with Crippen molar-refractivity contribution < 1.29 is 4.74 Å². The Bertz CT molecular complexity index is 186. The van der Waals surface area contributed by atoms with Gasteiger partial charge in [-0.15, -0.1) is 0 Å². The lowest BCUT2D eigenvalue weighted by Crippen LogP contribution is -2.19. The van der Waals surface area contributed by atoms with Crippen LogP contribution in [0, 0.1) is 5.92 Å². The predicted octanol–water partition coefficient (Wildman–Crippen LogP) is 4.72. The van der Waals surface area contributed by atoms with Crippen LogP contribution in [0.3, 0.4) is 0 Å². The quantitative estimate of drug-likeness (QED) is 0.428. The first-order valence-electron chi connectivity index (χ1n) is 7.13. The summed E-state index contributed by atoms with van der Waals surface area (Å²) < 4.78 is 5.75. The van der Waals surface area contributed by atoms with Crippen LogP contribution in [0.15, 0.2) is 12.2 Å². The maximum Gasteiger partial charge on any atom is 0.0756 e. The summed E-state index contributed by atoms with van der Waals surface area (Å²) >= 11 is 0. The van der Waals surface area contributed by atoms with E-state index in [1.165, 1.54) is 51.4 Å². The van der Waals surface area contributed by atoms with E-state index < -0.39 is 0 Å². The SMILES string of the molecule is CCCCCCCCCC1C=CC(C)CO1. The van der Waals surface area contributed by atoms with Gasteiger partial charge in [-0.2, -0.15) is 0 Å². The van der Waals surface area contributed by atoms with Crippen molar-refractivity contribution in [3.63, 3.8) is 0 Å². The minimum absolute atomic E-state index is 0.409. The molecule has 2 atom stereocenters. The molecule has 94 valence electrons. The summed E-state index contributed by atoms with van der Waals surface area (Å²) in [6.45, 7) is 5.39. The van der Waals surface area contributed by atoms with Gasteiger partial charge in [-0.25, -0.2) is 0 Å². The average Bonchev–Trinajstić information content (AvgIpc) is 2.30. The highest BCUT2D eigenvalue weighted by Gasteiger charge is 2.11. The molecule has 0 spiro atoms. The number of unbranched alkanes of at least 4 members (excludes halogenated alkanes) is 6. The molecule has 1 nitrogen and oxygen atoms in total. The number of rotatable bonds is 8. The smallest absolute Gasteiger partial charge is 0.0756 e. The van der Waals surface area contributed by atoms with Gasteiger partial charge in [0.2, 0.25) is 0 Å². The van der Waals surface area contributed by atoms with Crippen LogP contribution < -0.4 is 0 Å². The molecular weight excluding hydrogens is 196 g/mol. The van der Waals surface area contributed by atoms with Gasteiger partial charge in [0.25, 0.3) is 0 Å². The highest BCUT2D eigenvalue weighted by atomic mass is 16.5. The van der Waals surface area contributed by atoms with Gasteiger partial charge in [0.1, 0.15) is 0 Å². The van der Waals surface area contributed by atoms with Gasteiger partial charge in [-0.05, 0) is 12.3 Å². The second kappa shape index (κ2) is 8.81. The fourth-order valence-electron chi connectivity index (χ4n) is 2.18. The number of hydrogen-bond acceptors (Lipinski definition) is 1. The highest BCUT2D eigenvalue weighted by Crippen LogP contribution is 2.16. The maximum absolute atomic E-state index is 5.75. The second-order valence-electron chi connectivity index (χ2n) is 5.14. The molecule has 0 aromatic carbocycles. The summed E-state index contributed by atoms with van der Waals surface area (Å²) in [7, 11) is 0. The molecule has 1 heterocycles. The van der Waals surface area contributed by atoms with E-state index in [4.69, 9.17) is 4.74 Å². The molecule has 0 N–H and O–H groups in total. The molecule has 1 aliphatic rings. The van der Waals surface area contributed by atoms with Crippen molar-refractivity contribution in [3.8, 4) is 0 Å². The average molecular weight is 224 g/mol. The fourth-order valence-corrected chi connectivity index (χ4v) is 2.18. The molecule has 0 amide bonds. The summed E-state index contributed by atoms with van der Waals surface area (Å²) in [5, 5.41) is 0. The van der Waals surface area contributed by atoms with Crippen LogP contribution >= 0.6 is 0 Å². The molecular formula is C15H28O. The second-order valence-corrected chi connectivity index (χ2v) is 5.14. The zero-order valence-corrected chi connectivity index (χ0v) is 11.1. The summed E-state index contributed by atoms with van der Waals surface area (Å²) in [5.41, 5.74) is 0. The molecule has 16 heavy (non-hydrogen) atoms. The van der Waals surface area contributed by atoms with Gasteiger partial charge >= 0.3 is 0 Å². The van der Waals surface area contributed by atoms with Crippen molar-refractivity contribution in [2.45, 2.75) is 71.3 Å². The Labute approximate surface area is 101 Å². The fraction of sp³-hybridized carbons (Fsp3) is 0.867. The van der Waals surface area contributed by atoms with Crippen molar-refractivity contribution in [3.05, 3.63) is 12.2 Å². The van der Waals surface area contributed by atoms with Gasteiger partial charge in [0, 0.05) is 0 Å². The van der Waals surface area contributed by atoms with Crippen molar-refractivity contribution in [2.24, 2.45) is 5.92 Å². The molecule has 0 aliphatic carbocycles. The molecule has 1 aliphatic heterocycles. The van der Waals surface area contributed by atoms with E-state index in [9.17, 15) is 0 Å². The molecule has 0 bridgehead atoms. The van der Waals surface area contributed by atoms with Gasteiger partial charge in [-0.1, -0.05) is 70.9 Å². The van der Waals surface area contributed by atoms with E-state index in [-0.39, 0.29) is 0 Å².